The summed E-state index contributed by atoms with van der Waals surface area (Å²) >= 11 is 1.28. The Balaban J connectivity index is 1.28. The van der Waals surface area contributed by atoms with Crippen molar-refractivity contribution in [2.24, 2.45) is 0 Å². The zero-order valence-corrected chi connectivity index (χ0v) is 17.9. The zero-order valence-electron chi connectivity index (χ0n) is 17.0. The van der Waals surface area contributed by atoms with Crippen molar-refractivity contribution in [1.29, 1.82) is 0 Å². The topological polar surface area (TPSA) is 74.2 Å². The lowest BCUT2D eigenvalue weighted by molar-refractivity contribution is -0.128. The molecule has 1 aliphatic rings. The maximum atomic E-state index is 13.1. The highest BCUT2D eigenvalue weighted by atomic mass is 32.2. The van der Waals surface area contributed by atoms with Gasteiger partial charge in [-0.1, -0.05) is 42.1 Å². The minimum Gasteiger partial charge on any atom is -0.368 e. The first kappa shape index (κ1) is 21.2. The summed E-state index contributed by atoms with van der Waals surface area (Å²) in [6.45, 7) is 3.13. The van der Waals surface area contributed by atoms with Crippen LogP contribution in [-0.4, -0.2) is 57.5 Å². The van der Waals surface area contributed by atoms with Gasteiger partial charge in [0.1, 0.15) is 5.82 Å². The van der Waals surface area contributed by atoms with Crippen LogP contribution in [0.2, 0.25) is 0 Å². The Morgan fingerprint density at radius 1 is 1.03 bits per heavy atom. The number of carbonyl (C=O) groups is 1. The Morgan fingerprint density at radius 3 is 2.45 bits per heavy atom. The summed E-state index contributed by atoms with van der Waals surface area (Å²) in [4.78, 5) is 28.7. The van der Waals surface area contributed by atoms with Gasteiger partial charge in [-0.25, -0.2) is 14.3 Å². The van der Waals surface area contributed by atoms with E-state index in [2.05, 4.69) is 15.1 Å². The SMILES string of the molecule is O=C(CSc1n[nH]c(=O)n1CCc1ccccc1)N1CCN(c2ccc(F)cc2)CC1. The van der Waals surface area contributed by atoms with Gasteiger partial charge in [-0.3, -0.25) is 9.36 Å². The molecule has 31 heavy (non-hydrogen) atoms. The Labute approximate surface area is 183 Å². The summed E-state index contributed by atoms with van der Waals surface area (Å²) in [5, 5.41) is 7.09. The molecule has 0 unspecified atom stereocenters. The van der Waals surface area contributed by atoms with E-state index in [9.17, 15) is 14.0 Å². The number of rotatable bonds is 7. The van der Waals surface area contributed by atoms with Crippen LogP contribution in [0.25, 0.3) is 0 Å². The van der Waals surface area contributed by atoms with Gasteiger partial charge in [0.05, 0.1) is 5.75 Å². The first-order valence-electron chi connectivity index (χ1n) is 10.2. The number of piperazine rings is 1. The molecule has 7 nitrogen and oxygen atoms in total. The van der Waals surface area contributed by atoms with E-state index in [4.69, 9.17) is 0 Å². The largest absolute Gasteiger partial charge is 0.368 e. The number of aromatic amines is 1. The number of nitrogens with one attached hydrogen (secondary N) is 1. The summed E-state index contributed by atoms with van der Waals surface area (Å²) in [6, 6.07) is 16.4. The quantitative estimate of drug-likeness (QED) is 0.570. The van der Waals surface area contributed by atoms with E-state index in [0.717, 1.165) is 11.3 Å². The number of H-pyrrole nitrogens is 1. The fourth-order valence-corrected chi connectivity index (χ4v) is 4.46. The molecule has 1 aromatic heterocycles. The van der Waals surface area contributed by atoms with Crippen LogP contribution in [0, 0.1) is 5.82 Å². The first-order valence-corrected chi connectivity index (χ1v) is 11.2. The van der Waals surface area contributed by atoms with Gasteiger partial charge in [-0.05, 0) is 36.2 Å². The van der Waals surface area contributed by atoms with E-state index in [-0.39, 0.29) is 23.2 Å². The monoisotopic (exact) mass is 441 g/mol. The summed E-state index contributed by atoms with van der Waals surface area (Å²) in [7, 11) is 0. The van der Waals surface area contributed by atoms with Crippen molar-refractivity contribution in [3.63, 3.8) is 0 Å². The van der Waals surface area contributed by atoms with Crippen molar-refractivity contribution < 1.29 is 9.18 Å². The molecule has 1 saturated heterocycles. The van der Waals surface area contributed by atoms with Crippen LogP contribution >= 0.6 is 11.8 Å². The number of hydrogen-bond donors (Lipinski definition) is 1. The van der Waals surface area contributed by atoms with Gasteiger partial charge in [-0.2, -0.15) is 0 Å². The second kappa shape index (κ2) is 9.82. The van der Waals surface area contributed by atoms with E-state index in [0.29, 0.717) is 44.3 Å². The number of aryl methyl sites for hydroxylation is 1. The van der Waals surface area contributed by atoms with Gasteiger partial charge in [0, 0.05) is 38.4 Å². The Morgan fingerprint density at radius 2 is 1.74 bits per heavy atom. The van der Waals surface area contributed by atoms with Crippen LogP contribution < -0.4 is 10.6 Å². The Bertz CT molecular complexity index is 1060. The highest BCUT2D eigenvalue weighted by Gasteiger charge is 2.22. The normalized spacial score (nSPS) is 14.1. The molecule has 0 atom stereocenters. The molecule has 0 saturated carbocycles. The van der Waals surface area contributed by atoms with Crippen LogP contribution in [0.5, 0.6) is 0 Å². The summed E-state index contributed by atoms with van der Waals surface area (Å²) < 4.78 is 14.7. The van der Waals surface area contributed by atoms with Crippen molar-refractivity contribution in [1.82, 2.24) is 19.7 Å². The lowest BCUT2D eigenvalue weighted by Crippen LogP contribution is -2.49. The van der Waals surface area contributed by atoms with E-state index < -0.39 is 0 Å². The van der Waals surface area contributed by atoms with Crippen LogP contribution in [0.3, 0.4) is 0 Å². The number of benzene rings is 2. The average Bonchev–Trinajstić information content (AvgIpc) is 3.16. The van der Waals surface area contributed by atoms with E-state index in [1.54, 1.807) is 16.7 Å². The highest BCUT2D eigenvalue weighted by Crippen LogP contribution is 2.19. The second-order valence-corrected chi connectivity index (χ2v) is 8.27. The molecule has 1 fully saturated rings. The molecule has 162 valence electrons. The molecule has 2 heterocycles. The third-order valence-corrected chi connectivity index (χ3v) is 6.30. The Kier molecular flexibility index (Phi) is 6.71. The standard InChI is InChI=1S/C22H24FN5O2S/c23-18-6-8-19(9-7-18)26-12-14-27(15-13-26)20(29)16-31-22-25-24-21(30)28(22)11-10-17-4-2-1-3-5-17/h1-9H,10-16H2,(H,24,30). The van der Waals surface area contributed by atoms with Gasteiger partial charge >= 0.3 is 5.69 Å². The molecule has 3 aromatic rings. The number of amides is 1. The third-order valence-electron chi connectivity index (χ3n) is 5.34. The maximum Gasteiger partial charge on any atom is 0.343 e. The Hall–Kier alpha value is -3.07. The van der Waals surface area contributed by atoms with Gasteiger partial charge in [0.2, 0.25) is 5.91 Å². The molecular weight excluding hydrogens is 417 g/mol. The van der Waals surface area contributed by atoms with Crippen LogP contribution in [-0.2, 0) is 17.8 Å². The molecule has 0 bridgehead atoms. The first-order chi connectivity index (χ1) is 15.1. The number of aromatic nitrogens is 3. The highest BCUT2D eigenvalue weighted by molar-refractivity contribution is 7.99. The maximum absolute atomic E-state index is 13.1. The van der Waals surface area contributed by atoms with Crippen LogP contribution in [0.1, 0.15) is 5.56 Å². The van der Waals surface area contributed by atoms with E-state index in [1.165, 1.54) is 23.9 Å². The fraction of sp³-hybridized carbons (Fsp3) is 0.318. The van der Waals surface area contributed by atoms with Gasteiger partial charge in [-0.15, -0.1) is 5.10 Å². The van der Waals surface area contributed by atoms with Gasteiger partial charge in [0.15, 0.2) is 5.16 Å². The van der Waals surface area contributed by atoms with Crippen molar-refractivity contribution in [2.45, 2.75) is 18.1 Å². The zero-order chi connectivity index (χ0) is 21.6. The smallest absolute Gasteiger partial charge is 0.343 e. The average molecular weight is 442 g/mol. The molecule has 4 rings (SSSR count). The fourth-order valence-electron chi connectivity index (χ4n) is 3.58. The third kappa shape index (κ3) is 5.35. The van der Waals surface area contributed by atoms with Crippen molar-refractivity contribution in [3.8, 4) is 0 Å². The number of hydrogen-bond acceptors (Lipinski definition) is 5. The second-order valence-electron chi connectivity index (χ2n) is 7.33. The minimum atomic E-state index is -0.265. The van der Waals surface area contributed by atoms with Crippen molar-refractivity contribution in [2.75, 3.05) is 36.8 Å². The van der Waals surface area contributed by atoms with Crippen LogP contribution in [0.15, 0.2) is 64.5 Å². The number of anilines is 1. The molecule has 1 N–H and O–H groups in total. The number of carbonyl (C=O) groups excluding carboxylic acids is 1. The molecule has 0 radical (unpaired) electrons. The molecule has 0 spiro atoms. The molecule has 9 heteroatoms. The van der Waals surface area contributed by atoms with Gasteiger partial charge < -0.3 is 9.80 Å². The minimum absolute atomic E-state index is 0.0221. The van der Waals surface area contributed by atoms with Gasteiger partial charge in [0.25, 0.3) is 0 Å². The molecule has 0 aliphatic carbocycles. The summed E-state index contributed by atoms with van der Waals surface area (Å²) in [5.41, 5.74) is 1.84. The predicted octanol–water partition coefficient (Wildman–Crippen LogP) is 2.39. The summed E-state index contributed by atoms with van der Waals surface area (Å²) in [5.74, 6) is -0.00404. The molecule has 1 amide bonds. The number of thioether (sulfide) groups is 1. The lowest BCUT2D eigenvalue weighted by atomic mass is 10.1. The van der Waals surface area contributed by atoms with E-state index in [1.807, 2.05) is 35.2 Å². The summed E-state index contributed by atoms with van der Waals surface area (Å²) in [6.07, 6.45) is 0.715. The number of nitrogens with zero attached hydrogens (tertiary/aromatic N) is 4. The lowest BCUT2D eigenvalue weighted by Gasteiger charge is -2.36. The number of halogens is 1. The predicted molar refractivity (Wildman–Crippen MR) is 119 cm³/mol. The van der Waals surface area contributed by atoms with E-state index >= 15 is 0 Å². The van der Waals surface area contributed by atoms with Crippen LogP contribution in [0.4, 0.5) is 10.1 Å². The molecule has 1 aliphatic heterocycles. The van der Waals surface area contributed by atoms with Crippen molar-refractivity contribution >= 4 is 23.4 Å². The molecular formula is C22H24FN5O2S. The van der Waals surface area contributed by atoms with Crippen molar-refractivity contribution in [3.05, 3.63) is 76.5 Å². The molecule has 2 aromatic carbocycles.